The van der Waals surface area contributed by atoms with Crippen LogP contribution in [0.2, 0.25) is 0 Å². The monoisotopic (exact) mass is 340 g/mol. The van der Waals surface area contributed by atoms with Crippen LogP contribution in [0.15, 0.2) is 30.3 Å². The summed E-state index contributed by atoms with van der Waals surface area (Å²) in [4.78, 5) is 34.6. The third-order valence-electron chi connectivity index (χ3n) is 3.27. The molecule has 0 fully saturated rings. The van der Waals surface area contributed by atoms with Gasteiger partial charge in [-0.05, 0) is 23.9 Å². The Hall–Kier alpha value is -2.15. The van der Waals surface area contributed by atoms with E-state index in [0.29, 0.717) is 5.69 Å². The largest absolute Gasteiger partial charge is 0.481 e. The number of fused-ring (bicyclic) bond motifs is 1. The highest BCUT2D eigenvalue weighted by Crippen LogP contribution is 2.41. The SMILES string of the molecule is O=C(O)CCC(NP(=O)(O)Cc1cc2ccccc2[nH]1)C(=O)O. The average Bonchev–Trinajstić information content (AvgIpc) is 2.84. The molecule has 2 atom stereocenters. The van der Waals surface area contributed by atoms with Crippen LogP contribution in [0.4, 0.5) is 0 Å². The van der Waals surface area contributed by atoms with Gasteiger partial charge in [-0.15, -0.1) is 0 Å². The summed E-state index contributed by atoms with van der Waals surface area (Å²) in [6, 6.07) is 7.65. The van der Waals surface area contributed by atoms with Crippen molar-refractivity contribution >= 4 is 30.4 Å². The molecule has 0 saturated heterocycles. The summed E-state index contributed by atoms with van der Waals surface area (Å²) in [5, 5.41) is 20.7. The van der Waals surface area contributed by atoms with Gasteiger partial charge < -0.3 is 20.1 Å². The van der Waals surface area contributed by atoms with Crippen LogP contribution in [0.3, 0.4) is 0 Å². The molecule has 0 aliphatic rings. The standard InChI is InChI=1S/C14H17N2O6P/c17-13(18)6-5-12(14(19)20)16-23(21,22)8-10-7-9-3-1-2-4-11(9)15-10/h1-4,7,12,15H,5-6,8H2,(H,17,18)(H,19,20)(H2,16,21,22). The highest BCUT2D eigenvalue weighted by molar-refractivity contribution is 7.55. The van der Waals surface area contributed by atoms with Gasteiger partial charge in [-0.3, -0.25) is 14.2 Å². The van der Waals surface area contributed by atoms with Crippen LogP contribution >= 0.6 is 7.52 Å². The number of carbonyl (C=O) groups is 2. The Labute approximate surface area is 131 Å². The first-order valence-corrected chi connectivity index (χ1v) is 8.72. The minimum Gasteiger partial charge on any atom is -0.481 e. The Balaban J connectivity index is 2.08. The summed E-state index contributed by atoms with van der Waals surface area (Å²) in [6.45, 7) is 0. The van der Waals surface area contributed by atoms with Gasteiger partial charge in [0.05, 0.1) is 6.16 Å². The first-order valence-electron chi connectivity index (χ1n) is 6.88. The van der Waals surface area contributed by atoms with Crippen molar-refractivity contribution in [3.05, 3.63) is 36.0 Å². The van der Waals surface area contributed by atoms with Gasteiger partial charge in [0, 0.05) is 17.6 Å². The van der Waals surface area contributed by atoms with E-state index in [1.807, 2.05) is 24.3 Å². The maximum atomic E-state index is 12.2. The lowest BCUT2D eigenvalue weighted by molar-refractivity contribution is -0.140. The van der Waals surface area contributed by atoms with Crippen LogP contribution in [0.1, 0.15) is 18.5 Å². The van der Waals surface area contributed by atoms with Crippen molar-refractivity contribution in [2.24, 2.45) is 0 Å². The number of aromatic amines is 1. The zero-order chi connectivity index (χ0) is 17.0. The maximum Gasteiger partial charge on any atom is 0.321 e. The smallest absolute Gasteiger partial charge is 0.321 e. The van der Waals surface area contributed by atoms with Gasteiger partial charge >= 0.3 is 11.9 Å². The summed E-state index contributed by atoms with van der Waals surface area (Å²) in [5.74, 6) is -2.53. The second-order valence-electron chi connectivity index (χ2n) is 5.19. The van der Waals surface area contributed by atoms with Crippen molar-refractivity contribution in [2.45, 2.75) is 25.0 Å². The highest BCUT2D eigenvalue weighted by atomic mass is 31.2. The van der Waals surface area contributed by atoms with E-state index < -0.39 is 31.9 Å². The zero-order valence-corrected chi connectivity index (χ0v) is 13.0. The van der Waals surface area contributed by atoms with E-state index in [1.165, 1.54) is 0 Å². The lowest BCUT2D eigenvalue weighted by atomic mass is 10.2. The van der Waals surface area contributed by atoms with Crippen LogP contribution in [0.25, 0.3) is 10.9 Å². The Bertz CT molecular complexity index is 738. The van der Waals surface area contributed by atoms with E-state index in [1.54, 1.807) is 6.07 Å². The van der Waals surface area contributed by atoms with Gasteiger partial charge in [0.1, 0.15) is 6.04 Å². The molecular weight excluding hydrogens is 323 g/mol. The van der Waals surface area contributed by atoms with Gasteiger partial charge in [0.15, 0.2) is 0 Å². The molecule has 0 bridgehead atoms. The van der Waals surface area contributed by atoms with Crippen molar-refractivity contribution in [1.29, 1.82) is 0 Å². The minimum absolute atomic E-state index is 0.276. The first-order chi connectivity index (χ1) is 10.8. The number of rotatable bonds is 8. The molecule has 5 N–H and O–H groups in total. The fourth-order valence-corrected chi connectivity index (χ4v) is 3.70. The number of aromatic nitrogens is 1. The number of carboxylic acids is 2. The van der Waals surface area contributed by atoms with Crippen molar-refractivity contribution in [3.63, 3.8) is 0 Å². The van der Waals surface area contributed by atoms with E-state index in [2.05, 4.69) is 10.1 Å². The van der Waals surface area contributed by atoms with Gasteiger partial charge in [-0.1, -0.05) is 18.2 Å². The van der Waals surface area contributed by atoms with E-state index >= 15 is 0 Å². The molecule has 0 amide bonds. The summed E-state index contributed by atoms with van der Waals surface area (Å²) in [7, 11) is -3.99. The van der Waals surface area contributed by atoms with Gasteiger partial charge in [0.25, 0.3) is 7.52 Å². The van der Waals surface area contributed by atoms with E-state index in [4.69, 9.17) is 10.2 Å². The molecule has 0 aliphatic carbocycles. The van der Waals surface area contributed by atoms with Gasteiger partial charge in [0.2, 0.25) is 0 Å². The molecular formula is C14H17N2O6P. The van der Waals surface area contributed by atoms with Crippen LogP contribution < -0.4 is 5.09 Å². The minimum atomic E-state index is -3.99. The lowest BCUT2D eigenvalue weighted by Crippen LogP contribution is -2.35. The lowest BCUT2D eigenvalue weighted by Gasteiger charge is -2.18. The number of benzene rings is 1. The molecule has 2 aromatic rings. The first kappa shape index (κ1) is 17.2. The Morgan fingerprint density at radius 2 is 1.96 bits per heavy atom. The Kier molecular flexibility index (Phi) is 5.20. The zero-order valence-electron chi connectivity index (χ0n) is 12.1. The second kappa shape index (κ2) is 6.95. The predicted molar refractivity (Wildman–Crippen MR) is 83.3 cm³/mol. The maximum absolute atomic E-state index is 12.2. The van der Waals surface area contributed by atoms with Crippen LogP contribution in [0, 0.1) is 0 Å². The van der Waals surface area contributed by atoms with Crippen molar-refractivity contribution in [1.82, 2.24) is 10.1 Å². The molecule has 1 aromatic carbocycles. The van der Waals surface area contributed by atoms with Gasteiger partial charge in [-0.2, -0.15) is 0 Å². The number of carboxylic acid groups (broad SMARTS) is 2. The molecule has 2 rings (SSSR count). The molecule has 0 spiro atoms. The van der Waals surface area contributed by atoms with Crippen molar-refractivity contribution in [2.75, 3.05) is 0 Å². The number of aliphatic carboxylic acids is 2. The summed E-state index contributed by atoms with van der Waals surface area (Å²) < 4.78 is 12.2. The van der Waals surface area contributed by atoms with Crippen LogP contribution in [-0.4, -0.2) is 38.1 Å². The number of H-pyrrole nitrogens is 1. The van der Waals surface area contributed by atoms with E-state index in [0.717, 1.165) is 10.9 Å². The molecule has 9 heteroatoms. The van der Waals surface area contributed by atoms with Crippen LogP contribution in [0.5, 0.6) is 0 Å². The Morgan fingerprint density at radius 3 is 2.57 bits per heavy atom. The number of hydrogen-bond acceptors (Lipinski definition) is 3. The summed E-state index contributed by atoms with van der Waals surface area (Å²) >= 11 is 0. The molecule has 0 aliphatic heterocycles. The molecule has 0 radical (unpaired) electrons. The normalized spacial score (nSPS) is 15.2. The van der Waals surface area contributed by atoms with E-state index in [-0.39, 0.29) is 12.6 Å². The second-order valence-corrected chi connectivity index (χ2v) is 7.17. The fraction of sp³-hybridized carbons (Fsp3) is 0.286. The molecule has 8 nitrogen and oxygen atoms in total. The van der Waals surface area contributed by atoms with Crippen molar-refractivity contribution < 1.29 is 29.3 Å². The third-order valence-corrected chi connectivity index (χ3v) is 4.76. The highest BCUT2D eigenvalue weighted by Gasteiger charge is 2.28. The number of hydrogen-bond donors (Lipinski definition) is 5. The summed E-state index contributed by atoms with van der Waals surface area (Å²) in [6.07, 6.45) is -0.962. The Morgan fingerprint density at radius 1 is 1.26 bits per heavy atom. The molecule has 1 aromatic heterocycles. The van der Waals surface area contributed by atoms with Crippen LogP contribution in [-0.2, 0) is 20.3 Å². The molecule has 2 unspecified atom stereocenters. The molecule has 124 valence electrons. The quantitative estimate of drug-likeness (QED) is 0.461. The van der Waals surface area contributed by atoms with E-state index in [9.17, 15) is 19.0 Å². The third kappa shape index (κ3) is 4.92. The number of para-hydroxylation sites is 1. The molecule has 0 saturated carbocycles. The predicted octanol–water partition coefficient (Wildman–Crippen LogP) is 1.76. The summed E-state index contributed by atoms with van der Waals surface area (Å²) in [5.41, 5.74) is 1.30. The average molecular weight is 340 g/mol. The van der Waals surface area contributed by atoms with Crippen molar-refractivity contribution in [3.8, 4) is 0 Å². The topological polar surface area (TPSA) is 140 Å². The molecule has 23 heavy (non-hydrogen) atoms. The molecule has 1 heterocycles. The fourth-order valence-electron chi connectivity index (χ4n) is 2.25. The van der Waals surface area contributed by atoms with Gasteiger partial charge in [-0.25, -0.2) is 5.09 Å². The number of nitrogens with one attached hydrogen (secondary N) is 2.